The molecule has 1 saturated carbocycles. The van der Waals surface area contributed by atoms with E-state index in [0.717, 1.165) is 18.0 Å². The van der Waals surface area contributed by atoms with Gasteiger partial charge in [0.1, 0.15) is 0 Å². The molecule has 2 nitrogen and oxygen atoms in total. The minimum atomic E-state index is 0.506. The lowest BCUT2D eigenvalue weighted by molar-refractivity contribution is 0.143. The molecule has 0 amide bonds. The number of nitrogens with one attached hydrogen (secondary N) is 1. The molecule has 0 radical (unpaired) electrons. The molecule has 1 atom stereocenters. The lowest BCUT2D eigenvalue weighted by Gasteiger charge is -2.38. The Morgan fingerprint density at radius 3 is 2.15 bits per heavy atom. The van der Waals surface area contributed by atoms with Gasteiger partial charge < -0.3 is 5.32 Å². The van der Waals surface area contributed by atoms with E-state index < -0.39 is 0 Å². The molecule has 20 heavy (non-hydrogen) atoms. The van der Waals surface area contributed by atoms with Gasteiger partial charge in [0.15, 0.2) is 0 Å². The average Bonchev–Trinajstić information content (AvgIpc) is 2.45. The van der Waals surface area contributed by atoms with E-state index in [1.54, 1.807) is 0 Å². The van der Waals surface area contributed by atoms with Gasteiger partial charge in [-0.2, -0.15) is 0 Å². The Hall–Kier alpha value is -0.0800. The molecule has 2 fully saturated rings. The third kappa shape index (κ3) is 4.73. The predicted octanol–water partition coefficient (Wildman–Crippen LogP) is 4.06. The Morgan fingerprint density at radius 1 is 1.00 bits per heavy atom. The van der Waals surface area contributed by atoms with Gasteiger partial charge in [0.2, 0.25) is 0 Å². The molecule has 1 N–H and O–H groups in total. The SMILES string of the molecule is CC(CNC1CCC(C(C)(C)C)CC1)N1CCCCC1. The first-order chi connectivity index (χ1) is 9.47. The first-order valence-corrected chi connectivity index (χ1v) is 8.94. The molecule has 2 rings (SSSR count). The van der Waals surface area contributed by atoms with E-state index in [-0.39, 0.29) is 0 Å². The lowest BCUT2D eigenvalue weighted by atomic mass is 9.71. The molecule has 1 heterocycles. The van der Waals surface area contributed by atoms with Crippen molar-refractivity contribution in [2.24, 2.45) is 11.3 Å². The van der Waals surface area contributed by atoms with E-state index in [4.69, 9.17) is 0 Å². The summed E-state index contributed by atoms with van der Waals surface area (Å²) < 4.78 is 0. The summed E-state index contributed by atoms with van der Waals surface area (Å²) in [4.78, 5) is 2.68. The fourth-order valence-electron chi connectivity index (χ4n) is 3.99. The van der Waals surface area contributed by atoms with Crippen LogP contribution in [0.15, 0.2) is 0 Å². The predicted molar refractivity (Wildman–Crippen MR) is 88.1 cm³/mol. The minimum absolute atomic E-state index is 0.506. The maximum atomic E-state index is 3.85. The fraction of sp³-hybridized carbons (Fsp3) is 1.00. The minimum Gasteiger partial charge on any atom is -0.312 e. The zero-order valence-corrected chi connectivity index (χ0v) is 14.3. The van der Waals surface area contributed by atoms with Crippen molar-refractivity contribution in [1.82, 2.24) is 10.2 Å². The number of nitrogens with zero attached hydrogens (tertiary/aromatic N) is 1. The second-order valence-electron chi connectivity index (χ2n) is 8.27. The maximum Gasteiger partial charge on any atom is 0.0192 e. The van der Waals surface area contributed by atoms with Crippen molar-refractivity contribution < 1.29 is 0 Å². The molecule has 0 bridgehead atoms. The smallest absolute Gasteiger partial charge is 0.0192 e. The van der Waals surface area contributed by atoms with E-state index >= 15 is 0 Å². The highest BCUT2D eigenvalue weighted by Crippen LogP contribution is 2.37. The first-order valence-electron chi connectivity index (χ1n) is 8.94. The summed E-state index contributed by atoms with van der Waals surface area (Å²) in [6.45, 7) is 13.4. The van der Waals surface area contributed by atoms with Crippen molar-refractivity contribution in [2.45, 2.75) is 84.7 Å². The van der Waals surface area contributed by atoms with Crippen LogP contribution in [0.5, 0.6) is 0 Å². The van der Waals surface area contributed by atoms with Gasteiger partial charge in [-0.15, -0.1) is 0 Å². The third-order valence-electron chi connectivity index (χ3n) is 5.67. The lowest BCUT2D eigenvalue weighted by Crippen LogP contribution is -2.46. The van der Waals surface area contributed by atoms with Gasteiger partial charge in [0.25, 0.3) is 0 Å². The van der Waals surface area contributed by atoms with Crippen molar-refractivity contribution in [2.75, 3.05) is 19.6 Å². The van der Waals surface area contributed by atoms with Crippen molar-refractivity contribution in [3.8, 4) is 0 Å². The van der Waals surface area contributed by atoms with Crippen LogP contribution in [0.1, 0.15) is 72.6 Å². The summed E-state index contributed by atoms with van der Waals surface area (Å²) in [5.41, 5.74) is 0.506. The van der Waals surface area contributed by atoms with Gasteiger partial charge in [0.05, 0.1) is 0 Å². The molecule has 0 aromatic carbocycles. The second kappa shape index (κ2) is 7.26. The maximum absolute atomic E-state index is 3.85. The summed E-state index contributed by atoms with van der Waals surface area (Å²) in [6.07, 6.45) is 9.84. The van der Waals surface area contributed by atoms with E-state index in [1.807, 2.05) is 0 Å². The van der Waals surface area contributed by atoms with Crippen LogP contribution in [0, 0.1) is 11.3 Å². The summed E-state index contributed by atoms with van der Waals surface area (Å²) in [6, 6.07) is 1.50. The molecule has 2 aliphatic rings. The Kier molecular flexibility index (Phi) is 5.92. The van der Waals surface area contributed by atoms with E-state index in [2.05, 4.69) is 37.9 Å². The van der Waals surface area contributed by atoms with Gasteiger partial charge in [0, 0.05) is 18.6 Å². The third-order valence-corrected chi connectivity index (χ3v) is 5.67. The summed E-state index contributed by atoms with van der Waals surface area (Å²) in [5.74, 6) is 0.931. The van der Waals surface area contributed by atoms with Gasteiger partial charge in [-0.05, 0) is 69.9 Å². The highest BCUT2D eigenvalue weighted by molar-refractivity contribution is 4.84. The van der Waals surface area contributed by atoms with Gasteiger partial charge in [-0.25, -0.2) is 0 Å². The number of hydrogen-bond acceptors (Lipinski definition) is 2. The van der Waals surface area contributed by atoms with Crippen LogP contribution in [-0.4, -0.2) is 36.6 Å². The Labute approximate surface area is 126 Å². The highest BCUT2D eigenvalue weighted by atomic mass is 15.2. The Bertz CT molecular complexity index is 268. The topological polar surface area (TPSA) is 15.3 Å². The van der Waals surface area contributed by atoms with Crippen LogP contribution in [-0.2, 0) is 0 Å². The molecule has 0 aromatic rings. The van der Waals surface area contributed by atoms with Crippen LogP contribution >= 0.6 is 0 Å². The molecule has 1 aliphatic heterocycles. The molecule has 1 unspecified atom stereocenters. The van der Waals surface area contributed by atoms with Gasteiger partial charge in [-0.3, -0.25) is 4.90 Å². The molecule has 0 spiro atoms. The fourth-order valence-corrected chi connectivity index (χ4v) is 3.99. The Morgan fingerprint density at radius 2 is 1.60 bits per heavy atom. The quantitative estimate of drug-likeness (QED) is 0.835. The molecule has 118 valence electrons. The molecule has 1 aliphatic carbocycles. The van der Waals surface area contributed by atoms with Crippen molar-refractivity contribution in [3.63, 3.8) is 0 Å². The average molecular weight is 280 g/mol. The highest BCUT2D eigenvalue weighted by Gasteiger charge is 2.29. The second-order valence-corrected chi connectivity index (χ2v) is 8.27. The van der Waals surface area contributed by atoms with Gasteiger partial charge in [-0.1, -0.05) is 27.2 Å². The van der Waals surface area contributed by atoms with E-state index in [1.165, 1.54) is 64.6 Å². The molecule has 0 aromatic heterocycles. The molecular weight excluding hydrogens is 244 g/mol. The van der Waals surface area contributed by atoms with E-state index in [0.29, 0.717) is 5.41 Å². The largest absolute Gasteiger partial charge is 0.312 e. The van der Waals surface area contributed by atoms with Crippen LogP contribution in [0.3, 0.4) is 0 Å². The van der Waals surface area contributed by atoms with Crippen LogP contribution in [0.4, 0.5) is 0 Å². The van der Waals surface area contributed by atoms with Crippen molar-refractivity contribution in [3.05, 3.63) is 0 Å². The number of piperidine rings is 1. The van der Waals surface area contributed by atoms with Crippen LogP contribution in [0.25, 0.3) is 0 Å². The van der Waals surface area contributed by atoms with E-state index in [9.17, 15) is 0 Å². The summed E-state index contributed by atoms with van der Waals surface area (Å²) in [7, 11) is 0. The zero-order chi connectivity index (χ0) is 14.6. The van der Waals surface area contributed by atoms with Crippen LogP contribution < -0.4 is 5.32 Å². The van der Waals surface area contributed by atoms with Crippen molar-refractivity contribution >= 4 is 0 Å². The number of likely N-dealkylation sites (tertiary alicyclic amines) is 1. The molecular formula is C18H36N2. The number of rotatable bonds is 4. The van der Waals surface area contributed by atoms with Gasteiger partial charge >= 0.3 is 0 Å². The Balaban J connectivity index is 1.65. The molecule has 2 heteroatoms. The summed E-state index contributed by atoms with van der Waals surface area (Å²) in [5, 5.41) is 3.85. The standard InChI is InChI=1S/C18H36N2/c1-15(20-12-6-5-7-13-20)14-19-17-10-8-16(9-11-17)18(2,3)4/h15-17,19H,5-14H2,1-4H3. The van der Waals surface area contributed by atoms with Crippen LogP contribution in [0.2, 0.25) is 0 Å². The summed E-state index contributed by atoms with van der Waals surface area (Å²) >= 11 is 0. The molecule has 1 saturated heterocycles. The first kappa shape index (κ1) is 16.3. The van der Waals surface area contributed by atoms with Crippen molar-refractivity contribution in [1.29, 1.82) is 0 Å². The number of hydrogen-bond donors (Lipinski definition) is 1. The monoisotopic (exact) mass is 280 g/mol. The normalized spacial score (nSPS) is 31.2. The zero-order valence-electron chi connectivity index (χ0n) is 14.3.